The number of fused-ring (bicyclic) bond motifs is 2. The molecule has 3 aromatic rings. The molecule has 100 valence electrons. The zero-order valence-electron chi connectivity index (χ0n) is 11.0. The van der Waals surface area contributed by atoms with Crippen molar-refractivity contribution in [3.8, 4) is 22.6 Å². The molecule has 0 radical (unpaired) electrons. The first-order valence-corrected chi connectivity index (χ1v) is 6.52. The molecule has 1 aromatic carbocycles. The Bertz CT molecular complexity index is 795. The average molecular weight is 267 g/mol. The summed E-state index contributed by atoms with van der Waals surface area (Å²) in [6.07, 6.45) is 1.83. The number of rotatable bonds is 1. The Morgan fingerprint density at radius 3 is 2.80 bits per heavy atom. The van der Waals surface area contributed by atoms with Gasteiger partial charge in [0, 0.05) is 11.8 Å². The summed E-state index contributed by atoms with van der Waals surface area (Å²) in [6.45, 7) is 3.12. The predicted molar refractivity (Wildman–Crippen MR) is 75.1 cm³/mol. The van der Waals surface area contributed by atoms with E-state index in [1.54, 1.807) is 0 Å². The first-order valence-electron chi connectivity index (χ1n) is 6.52. The number of hydrogen-bond acceptors (Lipinski definition) is 4. The molecule has 1 aliphatic heterocycles. The molecule has 0 bridgehead atoms. The van der Waals surface area contributed by atoms with Crippen molar-refractivity contribution in [3.05, 3.63) is 36.3 Å². The Hall–Kier alpha value is -2.56. The molecule has 0 unspecified atom stereocenters. The molecular formula is C15H13N3O2. The number of pyridine rings is 1. The van der Waals surface area contributed by atoms with Crippen LogP contribution in [-0.2, 0) is 0 Å². The molecule has 0 amide bonds. The largest absolute Gasteiger partial charge is 0.486 e. The zero-order valence-corrected chi connectivity index (χ0v) is 11.0. The van der Waals surface area contributed by atoms with Crippen molar-refractivity contribution in [3.63, 3.8) is 0 Å². The van der Waals surface area contributed by atoms with E-state index in [-0.39, 0.29) is 0 Å². The minimum absolute atomic E-state index is 0.591. The van der Waals surface area contributed by atoms with Crippen LogP contribution in [0.2, 0.25) is 0 Å². The van der Waals surface area contributed by atoms with Gasteiger partial charge in [0.25, 0.3) is 0 Å². The summed E-state index contributed by atoms with van der Waals surface area (Å²) >= 11 is 0. The third-order valence-electron chi connectivity index (χ3n) is 3.33. The number of aromatic amines is 1. The van der Waals surface area contributed by atoms with Gasteiger partial charge in [-0.2, -0.15) is 0 Å². The van der Waals surface area contributed by atoms with Crippen molar-refractivity contribution < 1.29 is 9.47 Å². The smallest absolute Gasteiger partial charge is 0.177 e. The maximum Gasteiger partial charge on any atom is 0.177 e. The van der Waals surface area contributed by atoms with Crippen LogP contribution in [0.3, 0.4) is 0 Å². The fraction of sp³-hybridized carbons (Fsp3) is 0.200. The molecule has 2 aromatic heterocycles. The Balaban J connectivity index is 1.81. The third-order valence-corrected chi connectivity index (χ3v) is 3.33. The van der Waals surface area contributed by atoms with Crippen LogP contribution >= 0.6 is 0 Å². The Morgan fingerprint density at radius 1 is 1.05 bits per heavy atom. The molecule has 0 saturated carbocycles. The van der Waals surface area contributed by atoms with Crippen molar-refractivity contribution >= 4 is 11.2 Å². The number of ether oxygens (including phenoxy) is 2. The summed E-state index contributed by atoms with van der Waals surface area (Å²) in [5, 5.41) is 0. The number of nitrogens with zero attached hydrogens (tertiary/aromatic N) is 2. The van der Waals surface area contributed by atoms with Crippen LogP contribution in [0.4, 0.5) is 0 Å². The topological polar surface area (TPSA) is 60.0 Å². The number of aromatic nitrogens is 3. The standard InChI is InChI=1S/C15H13N3O2/c1-9-17-12-6-11(8-16-15(12)18-9)10-2-3-13-14(7-10)20-5-4-19-13/h2-3,6-8H,4-5H2,1H3,(H,16,17,18). The van der Waals surface area contributed by atoms with E-state index < -0.39 is 0 Å². The number of imidazole rings is 1. The summed E-state index contributed by atoms with van der Waals surface area (Å²) in [5.74, 6) is 2.45. The van der Waals surface area contributed by atoms with Crippen LogP contribution in [0.25, 0.3) is 22.3 Å². The van der Waals surface area contributed by atoms with Crippen molar-refractivity contribution in [1.29, 1.82) is 0 Å². The molecular weight excluding hydrogens is 254 g/mol. The maximum atomic E-state index is 5.61. The summed E-state index contributed by atoms with van der Waals surface area (Å²) in [4.78, 5) is 11.9. The normalized spacial score (nSPS) is 13.7. The summed E-state index contributed by atoms with van der Waals surface area (Å²) in [5.41, 5.74) is 3.76. The Labute approximate surface area is 115 Å². The zero-order chi connectivity index (χ0) is 13.5. The van der Waals surface area contributed by atoms with E-state index in [9.17, 15) is 0 Å². The number of H-pyrrole nitrogens is 1. The minimum atomic E-state index is 0.591. The number of hydrogen-bond donors (Lipinski definition) is 1. The molecule has 0 fully saturated rings. The maximum absolute atomic E-state index is 5.61. The van der Waals surface area contributed by atoms with Gasteiger partial charge in [0.1, 0.15) is 19.0 Å². The molecule has 0 atom stereocenters. The summed E-state index contributed by atoms with van der Waals surface area (Å²) in [6, 6.07) is 7.99. The molecule has 0 spiro atoms. The monoisotopic (exact) mass is 267 g/mol. The van der Waals surface area contributed by atoms with Crippen molar-refractivity contribution in [2.45, 2.75) is 6.92 Å². The van der Waals surface area contributed by atoms with Gasteiger partial charge in [-0.15, -0.1) is 0 Å². The third kappa shape index (κ3) is 1.79. The van der Waals surface area contributed by atoms with E-state index in [0.717, 1.165) is 39.6 Å². The van der Waals surface area contributed by atoms with E-state index in [4.69, 9.17) is 9.47 Å². The number of aryl methyl sites for hydroxylation is 1. The Kier molecular flexibility index (Phi) is 2.39. The predicted octanol–water partition coefficient (Wildman–Crippen LogP) is 2.70. The van der Waals surface area contributed by atoms with E-state index in [1.165, 1.54) is 0 Å². The van der Waals surface area contributed by atoms with Gasteiger partial charge in [0.2, 0.25) is 0 Å². The van der Waals surface area contributed by atoms with Crippen LogP contribution < -0.4 is 9.47 Å². The lowest BCUT2D eigenvalue weighted by atomic mass is 10.1. The van der Waals surface area contributed by atoms with Gasteiger partial charge in [-0.3, -0.25) is 0 Å². The van der Waals surface area contributed by atoms with Gasteiger partial charge in [-0.05, 0) is 30.7 Å². The van der Waals surface area contributed by atoms with Crippen LogP contribution in [0.5, 0.6) is 11.5 Å². The molecule has 1 aliphatic rings. The summed E-state index contributed by atoms with van der Waals surface area (Å²) in [7, 11) is 0. The van der Waals surface area contributed by atoms with Gasteiger partial charge in [0.05, 0.1) is 5.52 Å². The molecule has 4 rings (SSSR count). The Morgan fingerprint density at radius 2 is 1.90 bits per heavy atom. The highest BCUT2D eigenvalue weighted by Crippen LogP contribution is 2.34. The highest BCUT2D eigenvalue weighted by molar-refractivity contribution is 5.78. The molecule has 1 N–H and O–H groups in total. The molecule has 0 aliphatic carbocycles. The first-order chi connectivity index (χ1) is 9.79. The van der Waals surface area contributed by atoms with Gasteiger partial charge in [0.15, 0.2) is 17.1 Å². The van der Waals surface area contributed by atoms with Gasteiger partial charge in [-0.1, -0.05) is 6.07 Å². The second kappa shape index (κ2) is 4.23. The van der Waals surface area contributed by atoms with E-state index in [0.29, 0.717) is 13.2 Å². The highest BCUT2D eigenvalue weighted by Gasteiger charge is 2.13. The molecule has 5 heteroatoms. The van der Waals surface area contributed by atoms with Crippen molar-refractivity contribution in [2.24, 2.45) is 0 Å². The minimum Gasteiger partial charge on any atom is -0.486 e. The van der Waals surface area contributed by atoms with E-state index in [2.05, 4.69) is 15.0 Å². The van der Waals surface area contributed by atoms with E-state index >= 15 is 0 Å². The molecule has 3 heterocycles. The quantitative estimate of drug-likeness (QED) is 0.736. The lowest BCUT2D eigenvalue weighted by Crippen LogP contribution is -2.15. The molecule has 0 saturated heterocycles. The average Bonchev–Trinajstić information content (AvgIpc) is 2.85. The van der Waals surface area contributed by atoms with Crippen LogP contribution in [-0.4, -0.2) is 28.2 Å². The highest BCUT2D eigenvalue weighted by atomic mass is 16.6. The van der Waals surface area contributed by atoms with Crippen molar-refractivity contribution in [2.75, 3.05) is 13.2 Å². The van der Waals surface area contributed by atoms with Crippen LogP contribution in [0, 0.1) is 6.92 Å². The molecule has 20 heavy (non-hydrogen) atoms. The lowest BCUT2D eigenvalue weighted by molar-refractivity contribution is 0.171. The fourth-order valence-corrected chi connectivity index (χ4v) is 2.40. The fourth-order valence-electron chi connectivity index (χ4n) is 2.40. The SMILES string of the molecule is Cc1nc2ncc(-c3ccc4c(c3)OCCO4)cc2[nH]1. The second-order valence-corrected chi connectivity index (χ2v) is 4.78. The van der Waals surface area contributed by atoms with E-state index in [1.807, 2.05) is 37.4 Å². The lowest BCUT2D eigenvalue weighted by Gasteiger charge is -2.18. The van der Waals surface area contributed by atoms with Crippen molar-refractivity contribution in [1.82, 2.24) is 15.0 Å². The van der Waals surface area contributed by atoms with Gasteiger partial charge >= 0.3 is 0 Å². The first kappa shape index (κ1) is 11.3. The van der Waals surface area contributed by atoms with Gasteiger partial charge < -0.3 is 14.5 Å². The van der Waals surface area contributed by atoms with Crippen LogP contribution in [0.15, 0.2) is 30.5 Å². The number of nitrogens with one attached hydrogen (secondary N) is 1. The van der Waals surface area contributed by atoms with Crippen LogP contribution in [0.1, 0.15) is 5.82 Å². The second-order valence-electron chi connectivity index (χ2n) is 4.78. The molecule has 5 nitrogen and oxygen atoms in total. The van der Waals surface area contributed by atoms with Gasteiger partial charge in [-0.25, -0.2) is 9.97 Å². The summed E-state index contributed by atoms with van der Waals surface area (Å²) < 4.78 is 11.1. The number of benzene rings is 1.